The molecule has 0 amide bonds. The Morgan fingerprint density at radius 3 is 2.74 bits per heavy atom. The highest BCUT2D eigenvalue weighted by atomic mass is 16.5. The van der Waals surface area contributed by atoms with Gasteiger partial charge in [-0.1, -0.05) is 0 Å². The molecule has 7 nitrogen and oxygen atoms in total. The predicted molar refractivity (Wildman–Crippen MR) is 71.8 cm³/mol. The third-order valence-corrected chi connectivity index (χ3v) is 3.32. The van der Waals surface area contributed by atoms with Crippen molar-refractivity contribution < 1.29 is 14.2 Å². The van der Waals surface area contributed by atoms with Gasteiger partial charge in [0.15, 0.2) is 11.6 Å². The van der Waals surface area contributed by atoms with Crippen LogP contribution in [-0.2, 0) is 9.47 Å². The molecule has 106 valence electrons. The van der Waals surface area contributed by atoms with Crippen LogP contribution in [0.4, 0.5) is 11.6 Å². The molecule has 1 aromatic heterocycles. The molecule has 0 radical (unpaired) electrons. The predicted octanol–water partition coefficient (Wildman–Crippen LogP) is 0.744. The van der Waals surface area contributed by atoms with Crippen LogP contribution in [0.1, 0.15) is 6.42 Å². The number of aromatic nitrogens is 2. The molecular weight excluding hydrogens is 248 g/mol. The van der Waals surface area contributed by atoms with Gasteiger partial charge in [0.25, 0.3) is 0 Å². The van der Waals surface area contributed by atoms with Gasteiger partial charge in [0, 0.05) is 33.7 Å². The molecule has 1 saturated heterocycles. The van der Waals surface area contributed by atoms with Crippen molar-refractivity contribution in [2.45, 2.75) is 12.0 Å². The van der Waals surface area contributed by atoms with Gasteiger partial charge in [-0.3, -0.25) is 0 Å². The molecule has 19 heavy (non-hydrogen) atoms. The first-order chi connectivity index (χ1) is 9.24. The molecule has 2 heterocycles. The molecule has 1 unspecified atom stereocenters. The molecule has 0 saturated carbocycles. The summed E-state index contributed by atoms with van der Waals surface area (Å²) >= 11 is 0. The van der Waals surface area contributed by atoms with Crippen molar-refractivity contribution in [3.05, 3.63) is 6.33 Å². The van der Waals surface area contributed by atoms with Crippen LogP contribution in [0.3, 0.4) is 0 Å². The third-order valence-electron chi connectivity index (χ3n) is 3.32. The summed E-state index contributed by atoms with van der Waals surface area (Å²) in [5.74, 6) is 1.88. The lowest BCUT2D eigenvalue weighted by molar-refractivity contribution is -0.00628. The highest BCUT2D eigenvalue weighted by Crippen LogP contribution is 2.30. The average Bonchev–Trinajstić information content (AvgIpc) is 2.94. The van der Waals surface area contributed by atoms with E-state index < -0.39 is 0 Å². The van der Waals surface area contributed by atoms with Crippen molar-refractivity contribution >= 4 is 11.6 Å². The standard InChI is InChI=1S/C12H20N4O3/c1-13-10-9(17-2)11(16-8-15-10)14-6-12(18-3)4-5-19-7-12/h8H,4-7H2,1-3H3,(H2,13,14,15,16). The Morgan fingerprint density at radius 1 is 1.37 bits per heavy atom. The maximum atomic E-state index is 5.56. The SMILES string of the molecule is CNc1ncnc(NCC2(OC)CCOC2)c1OC. The van der Waals surface area contributed by atoms with Gasteiger partial charge in [-0.05, 0) is 0 Å². The lowest BCUT2D eigenvalue weighted by atomic mass is 10.0. The van der Waals surface area contributed by atoms with Gasteiger partial charge >= 0.3 is 0 Å². The molecule has 0 aliphatic carbocycles. The fraction of sp³-hybridized carbons (Fsp3) is 0.667. The summed E-state index contributed by atoms with van der Waals surface area (Å²) < 4.78 is 16.3. The van der Waals surface area contributed by atoms with Crippen LogP contribution in [0.25, 0.3) is 0 Å². The van der Waals surface area contributed by atoms with Crippen molar-refractivity contribution in [1.29, 1.82) is 0 Å². The van der Waals surface area contributed by atoms with E-state index in [1.165, 1.54) is 6.33 Å². The zero-order valence-electron chi connectivity index (χ0n) is 11.5. The zero-order valence-corrected chi connectivity index (χ0v) is 11.5. The van der Waals surface area contributed by atoms with Crippen LogP contribution in [0.15, 0.2) is 6.33 Å². The number of nitrogens with one attached hydrogen (secondary N) is 2. The monoisotopic (exact) mass is 268 g/mol. The molecule has 0 bridgehead atoms. The zero-order chi connectivity index (χ0) is 13.7. The van der Waals surface area contributed by atoms with Gasteiger partial charge < -0.3 is 24.8 Å². The molecular formula is C12H20N4O3. The Kier molecular flexibility index (Phi) is 4.39. The van der Waals surface area contributed by atoms with Crippen LogP contribution >= 0.6 is 0 Å². The van der Waals surface area contributed by atoms with Crippen LogP contribution in [0, 0.1) is 0 Å². The number of hydrogen-bond donors (Lipinski definition) is 2. The van der Waals surface area contributed by atoms with Gasteiger partial charge in [-0.2, -0.15) is 0 Å². The number of methoxy groups -OCH3 is 2. The maximum Gasteiger partial charge on any atom is 0.204 e. The topological polar surface area (TPSA) is 77.5 Å². The van der Waals surface area contributed by atoms with Gasteiger partial charge in [0.2, 0.25) is 5.75 Å². The Balaban J connectivity index is 2.10. The third kappa shape index (κ3) is 2.87. The van der Waals surface area contributed by atoms with E-state index in [1.807, 2.05) is 0 Å². The number of anilines is 2. The summed E-state index contributed by atoms with van der Waals surface area (Å²) in [6.07, 6.45) is 2.35. The van der Waals surface area contributed by atoms with Crippen molar-refractivity contribution in [3.8, 4) is 5.75 Å². The summed E-state index contributed by atoms with van der Waals surface area (Å²) in [7, 11) is 5.08. The minimum Gasteiger partial charge on any atom is -0.490 e. The van der Waals surface area contributed by atoms with E-state index in [0.29, 0.717) is 30.5 Å². The normalized spacial score (nSPS) is 22.3. The largest absolute Gasteiger partial charge is 0.490 e. The molecule has 1 aliphatic heterocycles. The van der Waals surface area contributed by atoms with Gasteiger partial charge in [0.1, 0.15) is 11.9 Å². The highest BCUT2D eigenvalue weighted by Gasteiger charge is 2.35. The van der Waals surface area contributed by atoms with E-state index in [0.717, 1.165) is 13.0 Å². The second-order valence-corrected chi connectivity index (χ2v) is 4.40. The molecule has 1 fully saturated rings. The lowest BCUT2D eigenvalue weighted by Crippen LogP contribution is -2.39. The van der Waals surface area contributed by atoms with E-state index in [9.17, 15) is 0 Å². The molecule has 7 heteroatoms. The molecule has 1 aromatic rings. The Morgan fingerprint density at radius 2 is 2.16 bits per heavy atom. The first-order valence-electron chi connectivity index (χ1n) is 6.18. The second-order valence-electron chi connectivity index (χ2n) is 4.40. The molecule has 2 rings (SSSR count). The summed E-state index contributed by atoms with van der Waals surface area (Å²) in [6.45, 7) is 1.92. The fourth-order valence-corrected chi connectivity index (χ4v) is 2.08. The number of hydrogen-bond acceptors (Lipinski definition) is 7. The average molecular weight is 268 g/mol. The molecule has 1 atom stereocenters. The summed E-state index contributed by atoms with van der Waals surface area (Å²) in [4.78, 5) is 8.30. The molecule has 1 aliphatic rings. The van der Waals surface area contributed by atoms with Crippen LogP contribution in [-0.4, -0.2) is 56.6 Å². The second kappa shape index (κ2) is 6.03. The van der Waals surface area contributed by atoms with Crippen molar-refractivity contribution in [2.24, 2.45) is 0 Å². The highest BCUT2D eigenvalue weighted by molar-refractivity contribution is 5.63. The smallest absolute Gasteiger partial charge is 0.204 e. The van der Waals surface area contributed by atoms with Gasteiger partial charge in [-0.25, -0.2) is 9.97 Å². The lowest BCUT2D eigenvalue weighted by Gasteiger charge is -2.26. The Hall–Kier alpha value is -1.60. The number of nitrogens with zero attached hydrogens (tertiary/aromatic N) is 2. The van der Waals surface area contributed by atoms with Crippen molar-refractivity contribution in [1.82, 2.24) is 9.97 Å². The van der Waals surface area contributed by atoms with Crippen LogP contribution < -0.4 is 15.4 Å². The Labute approximate surface area is 112 Å². The molecule has 0 spiro atoms. The van der Waals surface area contributed by atoms with Gasteiger partial charge in [0.05, 0.1) is 13.7 Å². The minimum absolute atomic E-state index is 0.296. The quantitative estimate of drug-likeness (QED) is 0.788. The van der Waals surface area contributed by atoms with E-state index in [4.69, 9.17) is 14.2 Å². The Bertz CT molecular complexity index is 421. The fourth-order valence-electron chi connectivity index (χ4n) is 2.08. The van der Waals surface area contributed by atoms with E-state index in [2.05, 4.69) is 20.6 Å². The van der Waals surface area contributed by atoms with Crippen molar-refractivity contribution in [2.75, 3.05) is 51.7 Å². The summed E-state index contributed by atoms with van der Waals surface area (Å²) in [6, 6.07) is 0. The van der Waals surface area contributed by atoms with Crippen LogP contribution in [0.2, 0.25) is 0 Å². The number of rotatable bonds is 6. The summed E-state index contributed by atoms with van der Waals surface area (Å²) in [5.41, 5.74) is -0.296. The minimum atomic E-state index is -0.296. The maximum absolute atomic E-state index is 5.56. The van der Waals surface area contributed by atoms with Crippen molar-refractivity contribution in [3.63, 3.8) is 0 Å². The van der Waals surface area contributed by atoms with Crippen LogP contribution in [0.5, 0.6) is 5.75 Å². The van der Waals surface area contributed by atoms with E-state index in [1.54, 1.807) is 21.3 Å². The first kappa shape index (κ1) is 13.8. The number of ether oxygens (including phenoxy) is 3. The first-order valence-corrected chi connectivity index (χ1v) is 6.18. The molecule has 0 aromatic carbocycles. The molecule has 2 N–H and O–H groups in total. The van der Waals surface area contributed by atoms with Gasteiger partial charge in [-0.15, -0.1) is 0 Å². The van der Waals surface area contributed by atoms with E-state index >= 15 is 0 Å². The van der Waals surface area contributed by atoms with E-state index in [-0.39, 0.29) is 5.60 Å². The summed E-state index contributed by atoms with van der Waals surface area (Å²) in [5, 5.41) is 6.22.